The van der Waals surface area contributed by atoms with E-state index >= 15 is 0 Å². The Morgan fingerprint density at radius 1 is 0.939 bits per heavy atom. The number of likely N-dealkylation sites (tertiary alicyclic amines) is 1. The van der Waals surface area contributed by atoms with E-state index in [0.717, 1.165) is 17.6 Å². The fourth-order valence-electron chi connectivity index (χ4n) is 4.84. The van der Waals surface area contributed by atoms with Crippen molar-refractivity contribution in [2.45, 2.75) is 26.3 Å². The largest absolute Gasteiger partial charge is 0.341 e. The Morgan fingerprint density at radius 2 is 1.64 bits per heavy atom. The molecule has 2 amide bonds. The Bertz CT molecular complexity index is 1340. The third-order valence-corrected chi connectivity index (χ3v) is 6.85. The number of anilines is 1. The van der Waals surface area contributed by atoms with Gasteiger partial charge in [-0.3, -0.25) is 9.59 Å². The van der Waals surface area contributed by atoms with Gasteiger partial charge in [0.1, 0.15) is 0 Å². The number of halogens is 1. The number of amides is 2. The SMILES string of the molecule is CCn1c2ccccc2c2cc(NC(=O)C3CCN(C(=O)c4ccc(Cl)cc4)CC3)ccc21. The first-order chi connectivity index (χ1) is 16.0. The first-order valence-corrected chi connectivity index (χ1v) is 11.8. The highest BCUT2D eigenvalue weighted by molar-refractivity contribution is 6.30. The van der Waals surface area contributed by atoms with Crippen LogP contribution in [0.5, 0.6) is 0 Å². The number of nitrogens with one attached hydrogen (secondary N) is 1. The van der Waals surface area contributed by atoms with Crippen LogP contribution in [0.2, 0.25) is 5.02 Å². The minimum Gasteiger partial charge on any atom is -0.341 e. The molecule has 6 heteroatoms. The van der Waals surface area contributed by atoms with Crippen molar-refractivity contribution < 1.29 is 9.59 Å². The molecule has 0 atom stereocenters. The Balaban J connectivity index is 1.27. The predicted octanol–water partition coefficient (Wildman–Crippen LogP) is 5.96. The molecule has 1 fully saturated rings. The quantitative estimate of drug-likeness (QED) is 0.409. The molecular formula is C27H26ClN3O2. The number of aryl methyl sites for hydroxylation is 1. The van der Waals surface area contributed by atoms with Crippen LogP contribution in [0.3, 0.4) is 0 Å². The molecule has 33 heavy (non-hydrogen) atoms. The lowest BCUT2D eigenvalue weighted by molar-refractivity contribution is -0.121. The summed E-state index contributed by atoms with van der Waals surface area (Å²) in [6, 6.07) is 21.4. The van der Waals surface area contributed by atoms with E-state index in [0.29, 0.717) is 36.5 Å². The first-order valence-electron chi connectivity index (χ1n) is 11.4. The van der Waals surface area contributed by atoms with Crippen LogP contribution in [-0.4, -0.2) is 34.4 Å². The van der Waals surface area contributed by atoms with Gasteiger partial charge in [0.2, 0.25) is 5.91 Å². The van der Waals surface area contributed by atoms with E-state index in [2.05, 4.69) is 47.1 Å². The maximum atomic E-state index is 13.0. The number of hydrogen-bond donors (Lipinski definition) is 1. The third-order valence-electron chi connectivity index (χ3n) is 6.60. The van der Waals surface area contributed by atoms with Crippen LogP contribution in [0.25, 0.3) is 21.8 Å². The number of nitrogens with zero attached hydrogens (tertiary/aromatic N) is 2. The molecule has 3 aromatic carbocycles. The summed E-state index contributed by atoms with van der Waals surface area (Å²) >= 11 is 5.92. The van der Waals surface area contributed by atoms with Gasteiger partial charge in [0.15, 0.2) is 0 Å². The summed E-state index contributed by atoms with van der Waals surface area (Å²) in [5, 5.41) is 6.06. The standard InChI is InChI=1S/C27H26ClN3O2/c1-2-31-24-6-4-3-5-22(24)23-17-21(11-12-25(23)31)29-26(32)18-13-15-30(16-14-18)27(33)19-7-9-20(28)10-8-19/h3-12,17-18H,2,13-16H2,1H3,(H,29,32). The number of carbonyl (C=O) groups excluding carboxylic acids is 2. The fourth-order valence-corrected chi connectivity index (χ4v) is 4.96. The molecule has 168 valence electrons. The number of aromatic nitrogens is 1. The van der Waals surface area contributed by atoms with Crippen LogP contribution < -0.4 is 5.32 Å². The van der Waals surface area contributed by atoms with E-state index in [1.165, 1.54) is 16.4 Å². The number of rotatable bonds is 4. The average molecular weight is 460 g/mol. The molecule has 0 radical (unpaired) electrons. The minimum absolute atomic E-state index is 0.0108. The molecule has 1 saturated heterocycles. The zero-order valence-corrected chi connectivity index (χ0v) is 19.3. The summed E-state index contributed by atoms with van der Waals surface area (Å²) in [6.07, 6.45) is 1.31. The maximum absolute atomic E-state index is 13.0. The predicted molar refractivity (Wildman–Crippen MR) is 134 cm³/mol. The number of para-hydroxylation sites is 1. The molecule has 5 nitrogen and oxygen atoms in total. The van der Waals surface area contributed by atoms with Gasteiger partial charge in [-0.15, -0.1) is 0 Å². The first kappa shape index (κ1) is 21.5. The third kappa shape index (κ3) is 4.09. The van der Waals surface area contributed by atoms with E-state index in [-0.39, 0.29) is 17.7 Å². The molecule has 5 rings (SSSR count). The molecule has 1 aromatic heterocycles. The minimum atomic E-state index is -0.105. The van der Waals surface area contributed by atoms with Crippen molar-refractivity contribution in [2.24, 2.45) is 5.92 Å². The van der Waals surface area contributed by atoms with Crippen LogP contribution in [-0.2, 0) is 11.3 Å². The average Bonchev–Trinajstić information content (AvgIpc) is 3.17. The summed E-state index contributed by atoms with van der Waals surface area (Å²) in [6.45, 7) is 4.18. The Labute approximate surface area is 197 Å². The van der Waals surface area contributed by atoms with Crippen LogP contribution in [0.4, 0.5) is 5.69 Å². The second-order valence-corrected chi connectivity index (χ2v) is 8.99. The highest BCUT2D eigenvalue weighted by Crippen LogP contribution is 2.31. The fraction of sp³-hybridized carbons (Fsp3) is 0.259. The molecule has 4 aromatic rings. The highest BCUT2D eigenvalue weighted by Gasteiger charge is 2.28. The van der Waals surface area contributed by atoms with Gasteiger partial charge in [0.05, 0.1) is 0 Å². The van der Waals surface area contributed by atoms with E-state index in [4.69, 9.17) is 11.6 Å². The number of carbonyl (C=O) groups is 2. The monoisotopic (exact) mass is 459 g/mol. The second-order valence-electron chi connectivity index (χ2n) is 8.56. The Kier molecular flexibility index (Phi) is 5.81. The van der Waals surface area contributed by atoms with Gasteiger partial charge in [-0.25, -0.2) is 0 Å². The lowest BCUT2D eigenvalue weighted by Gasteiger charge is -2.31. The summed E-state index contributed by atoms with van der Waals surface area (Å²) in [4.78, 5) is 27.5. The summed E-state index contributed by atoms with van der Waals surface area (Å²) in [5.41, 5.74) is 3.81. The van der Waals surface area contributed by atoms with Crippen LogP contribution in [0.1, 0.15) is 30.1 Å². The molecule has 1 aliphatic heterocycles. The highest BCUT2D eigenvalue weighted by atomic mass is 35.5. The normalized spacial score (nSPS) is 14.7. The van der Waals surface area contributed by atoms with Gasteiger partial charge in [-0.05, 0) is 68.3 Å². The van der Waals surface area contributed by atoms with Crippen molar-refractivity contribution in [1.82, 2.24) is 9.47 Å². The van der Waals surface area contributed by atoms with Gasteiger partial charge < -0.3 is 14.8 Å². The molecule has 2 heterocycles. The van der Waals surface area contributed by atoms with E-state index in [9.17, 15) is 9.59 Å². The van der Waals surface area contributed by atoms with Crippen LogP contribution in [0.15, 0.2) is 66.7 Å². The van der Waals surface area contributed by atoms with Crippen molar-refractivity contribution in [2.75, 3.05) is 18.4 Å². The van der Waals surface area contributed by atoms with Crippen LogP contribution >= 0.6 is 11.6 Å². The summed E-state index contributed by atoms with van der Waals surface area (Å²) in [7, 11) is 0. The van der Waals surface area contributed by atoms with Crippen molar-refractivity contribution in [3.05, 3.63) is 77.3 Å². The number of fused-ring (bicyclic) bond motifs is 3. The molecule has 1 N–H and O–H groups in total. The Hall–Kier alpha value is -3.31. The van der Waals surface area contributed by atoms with Gasteiger partial charge in [0, 0.05) is 63.6 Å². The number of piperidine rings is 1. The molecule has 0 spiro atoms. The van der Waals surface area contributed by atoms with Crippen molar-refractivity contribution in [3.8, 4) is 0 Å². The number of hydrogen-bond acceptors (Lipinski definition) is 2. The summed E-state index contributed by atoms with van der Waals surface area (Å²) in [5.74, 6) is -0.0950. The van der Waals surface area contributed by atoms with Crippen molar-refractivity contribution >= 4 is 50.9 Å². The van der Waals surface area contributed by atoms with E-state index in [1.54, 1.807) is 24.3 Å². The molecule has 0 unspecified atom stereocenters. The molecular weight excluding hydrogens is 434 g/mol. The van der Waals surface area contributed by atoms with Gasteiger partial charge in [-0.1, -0.05) is 29.8 Å². The van der Waals surface area contributed by atoms with E-state index < -0.39 is 0 Å². The zero-order chi connectivity index (χ0) is 22.9. The smallest absolute Gasteiger partial charge is 0.253 e. The van der Waals surface area contributed by atoms with Gasteiger partial charge >= 0.3 is 0 Å². The lowest BCUT2D eigenvalue weighted by atomic mass is 9.95. The van der Waals surface area contributed by atoms with Gasteiger partial charge in [0.25, 0.3) is 5.91 Å². The van der Waals surface area contributed by atoms with Crippen LogP contribution in [0, 0.1) is 5.92 Å². The molecule has 0 bridgehead atoms. The topological polar surface area (TPSA) is 54.3 Å². The Morgan fingerprint density at radius 3 is 2.36 bits per heavy atom. The molecule has 0 aliphatic carbocycles. The lowest BCUT2D eigenvalue weighted by Crippen LogP contribution is -2.41. The number of benzene rings is 3. The summed E-state index contributed by atoms with van der Waals surface area (Å²) < 4.78 is 2.30. The molecule has 0 saturated carbocycles. The molecule has 1 aliphatic rings. The maximum Gasteiger partial charge on any atom is 0.253 e. The van der Waals surface area contributed by atoms with E-state index in [1.807, 2.05) is 17.0 Å². The van der Waals surface area contributed by atoms with Crippen molar-refractivity contribution in [1.29, 1.82) is 0 Å². The zero-order valence-electron chi connectivity index (χ0n) is 18.6. The van der Waals surface area contributed by atoms with Gasteiger partial charge in [-0.2, -0.15) is 0 Å². The second kappa shape index (κ2) is 8.91. The van der Waals surface area contributed by atoms with Crippen molar-refractivity contribution in [3.63, 3.8) is 0 Å².